The molecular formula is C16H20N2O4S. The number of nitrogens with zero attached hydrogens (tertiary/aromatic N) is 1. The molecule has 0 unspecified atom stereocenters. The van der Waals surface area contributed by atoms with Crippen LogP contribution in [-0.2, 0) is 20.4 Å². The third-order valence-corrected chi connectivity index (χ3v) is 5.56. The van der Waals surface area contributed by atoms with Gasteiger partial charge in [0.05, 0.1) is 11.7 Å². The molecule has 0 fully saturated rings. The number of rotatable bonds is 6. The van der Waals surface area contributed by atoms with Crippen molar-refractivity contribution < 1.29 is 17.7 Å². The normalized spacial score (nSPS) is 14.2. The zero-order valence-corrected chi connectivity index (χ0v) is 14.1. The lowest BCUT2D eigenvalue weighted by molar-refractivity contribution is -0.121. The number of benzene rings is 1. The second kappa shape index (κ2) is 6.95. The molecule has 0 aliphatic heterocycles. The number of amides is 1. The molecule has 1 heterocycles. The highest BCUT2D eigenvalue weighted by Crippen LogP contribution is 2.15. The molecule has 0 spiro atoms. The lowest BCUT2D eigenvalue weighted by Gasteiger charge is -2.17. The first-order valence-electron chi connectivity index (χ1n) is 7.28. The lowest BCUT2D eigenvalue weighted by Crippen LogP contribution is -2.39. The van der Waals surface area contributed by atoms with Crippen LogP contribution < -0.4 is 5.32 Å². The smallest absolute Gasteiger partial charge is 0.238 e. The second-order valence-electron chi connectivity index (χ2n) is 5.52. The molecule has 1 amide bonds. The van der Waals surface area contributed by atoms with Gasteiger partial charge < -0.3 is 9.84 Å². The molecule has 1 aromatic heterocycles. The van der Waals surface area contributed by atoms with Gasteiger partial charge in [-0.2, -0.15) is 0 Å². The van der Waals surface area contributed by atoms with E-state index in [1.165, 1.54) is 6.92 Å². The average molecular weight is 336 g/mol. The molecule has 0 aliphatic rings. The Bertz CT molecular complexity index is 768. The number of hydrogen-bond donors (Lipinski definition) is 1. The Hall–Kier alpha value is -2.15. The maximum Gasteiger partial charge on any atom is 0.238 e. The topological polar surface area (TPSA) is 89.3 Å². The first-order valence-corrected chi connectivity index (χ1v) is 9.00. The van der Waals surface area contributed by atoms with Gasteiger partial charge >= 0.3 is 0 Å². The summed E-state index contributed by atoms with van der Waals surface area (Å²) in [4.78, 5) is 12.2. The number of aryl methyl sites for hydroxylation is 1. The predicted octanol–water partition coefficient (Wildman–Crippen LogP) is 2.16. The van der Waals surface area contributed by atoms with Gasteiger partial charge in [-0.15, -0.1) is 0 Å². The molecule has 2 aromatic rings. The third kappa shape index (κ3) is 4.41. The van der Waals surface area contributed by atoms with Crippen LogP contribution in [0.15, 0.2) is 40.9 Å². The molecule has 0 saturated carbocycles. The molecule has 0 saturated heterocycles. The van der Waals surface area contributed by atoms with Gasteiger partial charge in [-0.05, 0) is 26.3 Å². The van der Waals surface area contributed by atoms with Gasteiger partial charge in [0.15, 0.2) is 15.6 Å². The Morgan fingerprint density at radius 3 is 2.48 bits per heavy atom. The van der Waals surface area contributed by atoms with Crippen LogP contribution in [0.1, 0.15) is 36.9 Å². The molecule has 0 radical (unpaired) electrons. The zero-order chi connectivity index (χ0) is 17.0. The van der Waals surface area contributed by atoms with Crippen LogP contribution in [0.4, 0.5) is 0 Å². The number of sulfone groups is 1. The van der Waals surface area contributed by atoms with E-state index in [1.807, 2.05) is 37.3 Å². The van der Waals surface area contributed by atoms with E-state index in [0.29, 0.717) is 5.69 Å². The zero-order valence-electron chi connectivity index (χ0n) is 13.3. The van der Waals surface area contributed by atoms with E-state index < -0.39 is 21.0 Å². The van der Waals surface area contributed by atoms with Crippen LogP contribution >= 0.6 is 0 Å². The minimum atomic E-state index is -3.67. The Morgan fingerprint density at radius 1 is 1.26 bits per heavy atom. The third-order valence-electron chi connectivity index (χ3n) is 3.59. The van der Waals surface area contributed by atoms with Gasteiger partial charge in [-0.3, -0.25) is 4.79 Å². The quantitative estimate of drug-likeness (QED) is 0.873. The Labute approximate surface area is 135 Å². The summed E-state index contributed by atoms with van der Waals surface area (Å²) in [6.45, 7) is 4.90. The van der Waals surface area contributed by atoms with Crippen LogP contribution in [0.3, 0.4) is 0 Å². The largest absolute Gasteiger partial charge is 0.360 e. The van der Waals surface area contributed by atoms with Gasteiger partial charge in [-0.1, -0.05) is 35.5 Å². The van der Waals surface area contributed by atoms with Crippen molar-refractivity contribution in [1.82, 2.24) is 10.5 Å². The fourth-order valence-corrected chi connectivity index (χ4v) is 3.30. The predicted molar refractivity (Wildman–Crippen MR) is 86.3 cm³/mol. The van der Waals surface area contributed by atoms with E-state index in [9.17, 15) is 13.2 Å². The number of nitrogens with one attached hydrogen (secondary N) is 1. The molecule has 1 N–H and O–H groups in total. The fourth-order valence-electron chi connectivity index (χ4n) is 2.13. The molecule has 2 atom stereocenters. The van der Waals surface area contributed by atoms with Crippen molar-refractivity contribution in [3.8, 4) is 0 Å². The number of hydrogen-bond acceptors (Lipinski definition) is 5. The summed E-state index contributed by atoms with van der Waals surface area (Å²) < 4.78 is 29.6. The van der Waals surface area contributed by atoms with E-state index in [0.717, 1.165) is 5.56 Å². The highest BCUT2D eigenvalue weighted by Gasteiger charge is 2.30. The summed E-state index contributed by atoms with van der Waals surface area (Å²) >= 11 is 0. The average Bonchev–Trinajstić information content (AvgIpc) is 2.91. The highest BCUT2D eigenvalue weighted by atomic mass is 32.2. The highest BCUT2D eigenvalue weighted by molar-refractivity contribution is 7.92. The summed E-state index contributed by atoms with van der Waals surface area (Å²) in [7, 11) is -3.67. The van der Waals surface area contributed by atoms with Crippen molar-refractivity contribution in [2.24, 2.45) is 0 Å². The molecule has 2 rings (SSSR count). The van der Waals surface area contributed by atoms with Crippen molar-refractivity contribution in [3.63, 3.8) is 0 Å². The molecule has 1 aromatic carbocycles. The van der Waals surface area contributed by atoms with E-state index in [2.05, 4.69) is 10.5 Å². The summed E-state index contributed by atoms with van der Waals surface area (Å²) in [5.74, 6) is -0.641. The molecule has 124 valence electrons. The van der Waals surface area contributed by atoms with Crippen LogP contribution in [-0.4, -0.2) is 24.7 Å². The van der Waals surface area contributed by atoms with Crippen LogP contribution in [0.5, 0.6) is 0 Å². The van der Waals surface area contributed by atoms with Crippen molar-refractivity contribution in [2.45, 2.75) is 37.8 Å². The Balaban J connectivity index is 2.03. The van der Waals surface area contributed by atoms with Crippen molar-refractivity contribution >= 4 is 15.7 Å². The minimum Gasteiger partial charge on any atom is -0.360 e. The molecule has 7 heteroatoms. The lowest BCUT2D eigenvalue weighted by atomic mass is 10.1. The van der Waals surface area contributed by atoms with Crippen molar-refractivity contribution in [3.05, 3.63) is 53.4 Å². The van der Waals surface area contributed by atoms with Crippen molar-refractivity contribution in [1.29, 1.82) is 0 Å². The van der Waals surface area contributed by atoms with Crippen LogP contribution in [0.25, 0.3) is 0 Å². The second-order valence-corrected chi connectivity index (χ2v) is 7.85. The maximum atomic E-state index is 12.3. The van der Waals surface area contributed by atoms with E-state index >= 15 is 0 Å². The van der Waals surface area contributed by atoms with Gasteiger partial charge in [-0.25, -0.2) is 8.42 Å². The summed E-state index contributed by atoms with van der Waals surface area (Å²) in [6.07, 6.45) is 0. The van der Waals surface area contributed by atoms with Gasteiger partial charge in [0.1, 0.15) is 11.0 Å². The fraction of sp³-hybridized carbons (Fsp3) is 0.375. The standard InChI is InChI=1S/C16H20N2O4S/c1-11-9-15(22-18-11)10-23(20,21)13(3)16(19)17-12(2)14-7-5-4-6-8-14/h4-9,12-13H,10H2,1-3H3,(H,17,19)/t12-,13+/m0/s1. The summed E-state index contributed by atoms with van der Waals surface area (Å²) in [6, 6.07) is 10.6. The van der Waals surface area contributed by atoms with E-state index in [-0.39, 0.29) is 17.6 Å². The summed E-state index contributed by atoms with van der Waals surface area (Å²) in [5.41, 5.74) is 1.52. The first-order chi connectivity index (χ1) is 10.8. The maximum absolute atomic E-state index is 12.3. The first kappa shape index (κ1) is 17.2. The number of carbonyl (C=O) groups excluding carboxylic acids is 1. The SMILES string of the molecule is Cc1cc(CS(=O)(=O)[C@H](C)C(=O)N[C@@H](C)c2ccccc2)on1. The molecular weight excluding hydrogens is 316 g/mol. The van der Waals surface area contributed by atoms with E-state index in [1.54, 1.807) is 13.0 Å². The monoisotopic (exact) mass is 336 g/mol. The molecule has 0 aliphatic carbocycles. The molecule has 6 nitrogen and oxygen atoms in total. The Morgan fingerprint density at radius 2 is 1.91 bits per heavy atom. The number of aromatic nitrogens is 1. The summed E-state index contributed by atoms with van der Waals surface area (Å²) in [5, 5.41) is 5.21. The van der Waals surface area contributed by atoms with Crippen LogP contribution in [0.2, 0.25) is 0 Å². The Kier molecular flexibility index (Phi) is 5.20. The van der Waals surface area contributed by atoms with Gasteiger partial charge in [0.25, 0.3) is 0 Å². The van der Waals surface area contributed by atoms with E-state index in [4.69, 9.17) is 4.52 Å². The minimum absolute atomic E-state index is 0.234. The number of carbonyl (C=O) groups is 1. The molecule has 23 heavy (non-hydrogen) atoms. The van der Waals surface area contributed by atoms with Gasteiger partial charge in [0, 0.05) is 6.07 Å². The van der Waals surface area contributed by atoms with Gasteiger partial charge in [0.2, 0.25) is 5.91 Å². The molecule has 0 bridgehead atoms. The van der Waals surface area contributed by atoms with Crippen LogP contribution in [0, 0.1) is 6.92 Å². The van der Waals surface area contributed by atoms with Crippen molar-refractivity contribution in [2.75, 3.05) is 0 Å².